The van der Waals surface area contributed by atoms with E-state index in [0.29, 0.717) is 11.2 Å². The number of nitrogens with one attached hydrogen (secondary N) is 1. The second-order valence-corrected chi connectivity index (χ2v) is 5.20. The van der Waals surface area contributed by atoms with Crippen LogP contribution in [0.3, 0.4) is 0 Å². The minimum Gasteiger partial charge on any atom is -0.384 e. The average Bonchev–Trinajstić information content (AvgIpc) is 2.18. The Morgan fingerprint density at radius 3 is 2.67 bits per heavy atom. The molecule has 0 saturated heterocycles. The fourth-order valence-electron chi connectivity index (χ4n) is 1.00. The van der Waals surface area contributed by atoms with Gasteiger partial charge in [0, 0.05) is 17.0 Å². The third-order valence-corrected chi connectivity index (χ3v) is 3.76. The number of pyridine rings is 1. The van der Waals surface area contributed by atoms with Crippen molar-refractivity contribution in [1.82, 2.24) is 4.98 Å². The summed E-state index contributed by atoms with van der Waals surface area (Å²) in [5.74, 6) is 0.665. The van der Waals surface area contributed by atoms with Crippen molar-refractivity contribution in [3.05, 3.63) is 23.9 Å². The Morgan fingerprint density at radius 1 is 1.47 bits per heavy atom. The minimum absolute atomic E-state index is 0.0848. The molecule has 0 aliphatic rings. The molecule has 1 aromatic rings. The van der Waals surface area contributed by atoms with Crippen molar-refractivity contribution in [2.75, 3.05) is 0 Å². The fraction of sp³-hybridized carbons (Fsp3) is 0.455. The van der Waals surface area contributed by atoms with Gasteiger partial charge in [-0.05, 0) is 18.1 Å². The Morgan fingerprint density at radius 2 is 2.13 bits per heavy atom. The zero-order valence-corrected chi connectivity index (χ0v) is 10.1. The number of rotatable bonds is 4. The van der Waals surface area contributed by atoms with Gasteiger partial charge in [0.2, 0.25) is 0 Å². The van der Waals surface area contributed by atoms with E-state index in [-0.39, 0.29) is 5.84 Å². The monoisotopic (exact) mass is 223 g/mol. The number of aromatic nitrogens is 1. The lowest BCUT2D eigenvalue weighted by molar-refractivity contribution is 0.641. The highest BCUT2D eigenvalue weighted by molar-refractivity contribution is 7.99. The topological polar surface area (TPSA) is 62.8 Å². The molecule has 0 spiro atoms. The lowest BCUT2D eigenvalue weighted by Crippen LogP contribution is -2.14. The van der Waals surface area contributed by atoms with Gasteiger partial charge in [-0.3, -0.25) is 5.41 Å². The summed E-state index contributed by atoms with van der Waals surface area (Å²) in [6, 6.07) is 3.64. The molecule has 1 unspecified atom stereocenters. The standard InChI is InChI=1S/C11H17N3S/c1-7(2)8(3)15-11-9(10(12)13)5-4-6-14-11/h4-8H,1-3H3,(H3,12,13). The highest BCUT2D eigenvalue weighted by Gasteiger charge is 2.13. The van der Waals surface area contributed by atoms with E-state index in [9.17, 15) is 0 Å². The molecule has 0 radical (unpaired) electrons. The average molecular weight is 223 g/mol. The second kappa shape index (κ2) is 5.16. The highest BCUT2D eigenvalue weighted by atomic mass is 32.2. The molecule has 3 N–H and O–H groups in total. The van der Waals surface area contributed by atoms with Gasteiger partial charge >= 0.3 is 0 Å². The predicted octanol–water partition coefficient (Wildman–Crippen LogP) is 2.50. The van der Waals surface area contributed by atoms with Gasteiger partial charge in [-0.15, -0.1) is 11.8 Å². The zero-order chi connectivity index (χ0) is 11.4. The van der Waals surface area contributed by atoms with Crippen LogP contribution in [0.2, 0.25) is 0 Å². The van der Waals surface area contributed by atoms with E-state index in [0.717, 1.165) is 10.6 Å². The van der Waals surface area contributed by atoms with E-state index >= 15 is 0 Å². The molecular weight excluding hydrogens is 206 g/mol. The van der Waals surface area contributed by atoms with Gasteiger partial charge in [0.1, 0.15) is 10.9 Å². The molecule has 1 atom stereocenters. The van der Waals surface area contributed by atoms with Crippen LogP contribution < -0.4 is 5.73 Å². The summed E-state index contributed by atoms with van der Waals surface area (Å²) in [5.41, 5.74) is 6.23. The lowest BCUT2D eigenvalue weighted by Gasteiger charge is -2.15. The molecule has 15 heavy (non-hydrogen) atoms. The van der Waals surface area contributed by atoms with Crippen molar-refractivity contribution in [1.29, 1.82) is 5.41 Å². The molecular formula is C11H17N3S. The van der Waals surface area contributed by atoms with Gasteiger partial charge in [0.25, 0.3) is 0 Å². The second-order valence-electron chi connectivity index (χ2n) is 3.84. The van der Waals surface area contributed by atoms with Gasteiger partial charge in [-0.1, -0.05) is 20.8 Å². The van der Waals surface area contributed by atoms with Crippen LogP contribution in [0.15, 0.2) is 23.4 Å². The van der Waals surface area contributed by atoms with Crippen molar-refractivity contribution in [3.63, 3.8) is 0 Å². The molecule has 0 saturated carbocycles. The molecule has 0 aromatic carbocycles. The Labute approximate surface area is 95.0 Å². The van der Waals surface area contributed by atoms with Crippen molar-refractivity contribution in [3.8, 4) is 0 Å². The summed E-state index contributed by atoms with van der Waals surface area (Å²) in [6.07, 6.45) is 1.74. The van der Waals surface area contributed by atoms with Crippen molar-refractivity contribution < 1.29 is 0 Å². The Balaban J connectivity index is 2.89. The van der Waals surface area contributed by atoms with E-state index in [4.69, 9.17) is 11.1 Å². The van der Waals surface area contributed by atoms with Gasteiger partial charge in [0.05, 0.1) is 0 Å². The number of thioether (sulfide) groups is 1. The minimum atomic E-state index is 0.0848. The fourth-order valence-corrected chi connectivity index (χ4v) is 2.05. The maximum atomic E-state index is 7.45. The SMILES string of the molecule is CC(C)C(C)Sc1ncccc1C(=N)N. The van der Waals surface area contributed by atoms with E-state index in [1.165, 1.54) is 0 Å². The summed E-state index contributed by atoms with van der Waals surface area (Å²) in [7, 11) is 0. The van der Waals surface area contributed by atoms with Crippen LogP contribution >= 0.6 is 11.8 Å². The molecule has 0 bridgehead atoms. The Bertz CT molecular complexity index is 349. The molecule has 1 heterocycles. The van der Waals surface area contributed by atoms with Crippen LogP contribution in [0.1, 0.15) is 26.3 Å². The number of hydrogen-bond donors (Lipinski definition) is 2. The van der Waals surface area contributed by atoms with Crippen molar-refractivity contribution >= 4 is 17.6 Å². The van der Waals surface area contributed by atoms with Crippen molar-refractivity contribution in [2.45, 2.75) is 31.0 Å². The molecule has 0 aliphatic carbocycles. The van der Waals surface area contributed by atoms with Gasteiger partial charge in [0.15, 0.2) is 0 Å². The number of hydrogen-bond acceptors (Lipinski definition) is 3. The highest BCUT2D eigenvalue weighted by Crippen LogP contribution is 2.28. The molecule has 0 aliphatic heterocycles. The van der Waals surface area contributed by atoms with Crippen LogP contribution in [0, 0.1) is 11.3 Å². The number of amidine groups is 1. The Hall–Kier alpha value is -1.03. The van der Waals surface area contributed by atoms with E-state index in [1.54, 1.807) is 24.0 Å². The summed E-state index contributed by atoms with van der Waals surface area (Å²) >= 11 is 1.67. The molecule has 82 valence electrons. The van der Waals surface area contributed by atoms with Gasteiger partial charge in [-0.2, -0.15) is 0 Å². The normalized spacial score (nSPS) is 12.8. The van der Waals surface area contributed by atoms with Crippen molar-refractivity contribution in [2.24, 2.45) is 11.7 Å². The first-order valence-corrected chi connectivity index (χ1v) is 5.86. The van der Waals surface area contributed by atoms with E-state index in [2.05, 4.69) is 25.8 Å². The first kappa shape index (κ1) is 12.0. The third-order valence-electron chi connectivity index (χ3n) is 2.30. The molecule has 0 fully saturated rings. The van der Waals surface area contributed by atoms with Crippen LogP contribution in [-0.2, 0) is 0 Å². The number of nitrogens with zero attached hydrogens (tertiary/aromatic N) is 1. The molecule has 1 aromatic heterocycles. The zero-order valence-electron chi connectivity index (χ0n) is 9.32. The van der Waals surface area contributed by atoms with Crippen LogP contribution in [0.25, 0.3) is 0 Å². The largest absolute Gasteiger partial charge is 0.384 e. The molecule has 1 rings (SSSR count). The summed E-state index contributed by atoms with van der Waals surface area (Å²) in [4.78, 5) is 4.26. The maximum absolute atomic E-state index is 7.45. The smallest absolute Gasteiger partial charge is 0.125 e. The first-order chi connectivity index (χ1) is 7.02. The van der Waals surface area contributed by atoms with Gasteiger partial charge in [-0.25, -0.2) is 4.98 Å². The van der Waals surface area contributed by atoms with Crippen LogP contribution in [-0.4, -0.2) is 16.1 Å². The number of nitrogen functional groups attached to an aromatic ring is 1. The first-order valence-electron chi connectivity index (χ1n) is 4.98. The van der Waals surface area contributed by atoms with Gasteiger partial charge < -0.3 is 5.73 Å². The quantitative estimate of drug-likeness (QED) is 0.468. The third kappa shape index (κ3) is 3.23. The van der Waals surface area contributed by atoms with E-state index < -0.39 is 0 Å². The molecule has 0 amide bonds. The van der Waals surface area contributed by atoms with Crippen LogP contribution in [0.4, 0.5) is 0 Å². The Kier molecular flexibility index (Phi) is 4.15. The molecule has 4 heteroatoms. The summed E-state index contributed by atoms with van der Waals surface area (Å²) in [5, 5.41) is 8.78. The summed E-state index contributed by atoms with van der Waals surface area (Å²) in [6.45, 7) is 6.51. The maximum Gasteiger partial charge on any atom is 0.125 e. The lowest BCUT2D eigenvalue weighted by atomic mass is 10.2. The van der Waals surface area contributed by atoms with Crippen LogP contribution in [0.5, 0.6) is 0 Å². The summed E-state index contributed by atoms with van der Waals surface area (Å²) < 4.78 is 0. The molecule has 3 nitrogen and oxygen atoms in total. The number of nitrogens with two attached hydrogens (primary N) is 1. The predicted molar refractivity (Wildman–Crippen MR) is 65.4 cm³/mol. The van der Waals surface area contributed by atoms with E-state index in [1.807, 2.05) is 6.07 Å².